The van der Waals surface area contributed by atoms with Crippen LogP contribution in [-0.2, 0) is 11.2 Å². The first-order chi connectivity index (χ1) is 9.13. The number of anilines is 1. The van der Waals surface area contributed by atoms with Crippen molar-refractivity contribution in [1.29, 1.82) is 0 Å². The summed E-state index contributed by atoms with van der Waals surface area (Å²) in [5, 5.41) is 3.76. The monoisotopic (exact) mass is 294 g/mol. The maximum atomic E-state index is 11.8. The molecule has 0 saturated heterocycles. The van der Waals surface area contributed by atoms with Crippen LogP contribution in [0.25, 0.3) is 0 Å². The Morgan fingerprint density at radius 2 is 1.95 bits per heavy atom. The van der Waals surface area contributed by atoms with E-state index in [1.807, 2.05) is 12.1 Å². The lowest BCUT2D eigenvalue weighted by atomic mass is 10.1. The largest absolute Gasteiger partial charge is 0.326 e. The van der Waals surface area contributed by atoms with E-state index in [9.17, 15) is 4.79 Å². The molecule has 0 saturated carbocycles. The first kappa shape index (κ1) is 13.8. The number of amides is 1. The van der Waals surface area contributed by atoms with E-state index in [1.54, 1.807) is 30.6 Å². The van der Waals surface area contributed by atoms with E-state index < -0.39 is 0 Å². The number of carbonyl (C=O) groups excluding carboxylic acids is 1. The van der Waals surface area contributed by atoms with Gasteiger partial charge in [-0.2, -0.15) is 0 Å². The summed E-state index contributed by atoms with van der Waals surface area (Å²) in [7, 11) is 0. The number of aromatic nitrogens is 1. The molecule has 0 aliphatic rings. The fourth-order valence-electron chi connectivity index (χ4n) is 1.65. The van der Waals surface area contributed by atoms with Crippen LogP contribution in [0.4, 0.5) is 5.69 Å². The predicted molar refractivity (Wildman–Crippen MR) is 77.6 cm³/mol. The summed E-state index contributed by atoms with van der Waals surface area (Å²) in [6, 6.07) is 8.74. The van der Waals surface area contributed by atoms with Crippen LogP contribution in [0.2, 0.25) is 10.0 Å². The molecule has 2 aromatic rings. The van der Waals surface area contributed by atoms with E-state index in [2.05, 4.69) is 10.3 Å². The van der Waals surface area contributed by atoms with E-state index in [0.29, 0.717) is 28.6 Å². The van der Waals surface area contributed by atoms with Crippen molar-refractivity contribution < 1.29 is 4.79 Å². The van der Waals surface area contributed by atoms with Crippen molar-refractivity contribution in [3.8, 4) is 0 Å². The molecular weight excluding hydrogens is 283 g/mol. The van der Waals surface area contributed by atoms with Gasteiger partial charge in [-0.3, -0.25) is 9.78 Å². The molecule has 0 spiro atoms. The second kappa shape index (κ2) is 6.55. The zero-order valence-electron chi connectivity index (χ0n) is 10.1. The molecule has 0 radical (unpaired) electrons. The summed E-state index contributed by atoms with van der Waals surface area (Å²) in [6.07, 6.45) is 4.49. The van der Waals surface area contributed by atoms with Crippen LogP contribution in [-0.4, -0.2) is 10.9 Å². The first-order valence-corrected chi connectivity index (χ1v) is 6.54. The third-order valence-electron chi connectivity index (χ3n) is 2.51. The van der Waals surface area contributed by atoms with Gasteiger partial charge in [0.05, 0.1) is 0 Å². The number of rotatable bonds is 4. The molecule has 19 heavy (non-hydrogen) atoms. The molecule has 0 atom stereocenters. The van der Waals surface area contributed by atoms with Crippen LogP contribution >= 0.6 is 23.2 Å². The number of nitrogens with zero attached hydrogens (tertiary/aromatic N) is 1. The van der Waals surface area contributed by atoms with E-state index in [-0.39, 0.29) is 5.91 Å². The number of carbonyl (C=O) groups is 1. The van der Waals surface area contributed by atoms with Crippen LogP contribution in [0.3, 0.4) is 0 Å². The minimum atomic E-state index is -0.0813. The second-order valence-corrected chi connectivity index (χ2v) is 4.94. The van der Waals surface area contributed by atoms with Gasteiger partial charge in [0.25, 0.3) is 0 Å². The Bertz CT molecular complexity index is 553. The van der Waals surface area contributed by atoms with E-state index in [0.717, 1.165) is 5.56 Å². The molecule has 0 fully saturated rings. The van der Waals surface area contributed by atoms with Gasteiger partial charge in [-0.15, -0.1) is 0 Å². The molecule has 2 rings (SSSR count). The second-order valence-electron chi connectivity index (χ2n) is 4.07. The number of pyridine rings is 1. The Hall–Kier alpha value is -1.58. The van der Waals surface area contributed by atoms with Gasteiger partial charge in [0.2, 0.25) is 5.91 Å². The van der Waals surface area contributed by atoms with Crippen LogP contribution in [0.1, 0.15) is 12.0 Å². The Morgan fingerprint density at radius 1 is 1.21 bits per heavy atom. The van der Waals surface area contributed by atoms with Crippen LogP contribution in [0.15, 0.2) is 42.7 Å². The Labute approximate surface area is 121 Å². The number of nitrogens with one attached hydrogen (secondary N) is 1. The summed E-state index contributed by atoms with van der Waals surface area (Å²) in [4.78, 5) is 15.8. The molecule has 1 heterocycles. The summed E-state index contributed by atoms with van der Waals surface area (Å²) < 4.78 is 0. The van der Waals surface area contributed by atoms with Crippen molar-refractivity contribution in [2.45, 2.75) is 12.8 Å². The van der Waals surface area contributed by atoms with Crippen molar-refractivity contribution in [1.82, 2.24) is 4.98 Å². The molecule has 0 unspecified atom stereocenters. The number of hydrogen-bond acceptors (Lipinski definition) is 2. The molecule has 0 bridgehead atoms. The fraction of sp³-hybridized carbons (Fsp3) is 0.143. The zero-order valence-corrected chi connectivity index (χ0v) is 11.6. The fourth-order valence-corrected chi connectivity index (χ4v) is 2.18. The molecule has 1 aromatic carbocycles. The van der Waals surface area contributed by atoms with Crippen LogP contribution in [0.5, 0.6) is 0 Å². The number of hydrogen-bond donors (Lipinski definition) is 1. The molecule has 0 aliphatic heterocycles. The van der Waals surface area contributed by atoms with Crippen molar-refractivity contribution in [2.24, 2.45) is 0 Å². The third kappa shape index (κ3) is 4.54. The minimum absolute atomic E-state index is 0.0813. The highest BCUT2D eigenvalue weighted by molar-refractivity contribution is 6.35. The van der Waals surface area contributed by atoms with Gasteiger partial charge in [0.1, 0.15) is 0 Å². The van der Waals surface area contributed by atoms with Gasteiger partial charge in [-0.25, -0.2) is 0 Å². The summed E-state index contributed by atoms with van der Waals surface area (Å²) >= 11 is 11.7. The highest BCUT2D eigenvalue weighted by Gasteiger charge is 2.05. The lowest BCUT2D eigenvalue weighted by Crippen LogP contribution is -2.12. The highest BCUT2D eigenvalue weighted by Crippen LogP contribution is 2.22. The van der Waals surface area contributed by atoms with E-state index in [1.165, 1.54) is 0 Å². The average Bonchev–Trinajstić information content (AvgIpc) is 2.36. The van der Waals surface area contributed by atoms with Gasteiger partial charge in [-0.1, -0.05) is 29.3 Å². The summed E-state index contributed by atoms with van der Waals surface area (Å²) in [5.74, 6) is -0.0813. The van der Waals surface area contributed by atoms with Gasteiger partial charge in [0.15, 0.2) is 0 Å². The molecular formula is C14H12Cl2N2O. The van der Waals surface area contributed by atoms with Crippen molar-refractivity contribution in [3.63, 3.8) is 0 Å². The van der Waals surface area contributed by atoms with Gasteiger partial charge < -0.3 is 5.32 Å². The molecule has 3 nitrogen and oxygen atoms in total. The number of halogens is 2. The van der Waals surface area contributed by atoms with Crippen molar-refractivity contribution >= 4 is 34.8 Å². The van der Waals surface area contributed by atoms with E-state index >= 15 is 0 Å². The van der Waals surface area contributed by atoms with Crippen LogP contribution in [0, 0.1) is 0 Å². The summed E-state index contributed by atoms with van der Waals surface area (Å²) in [6.45, 7) is 0. The van der Waals surface area contributed by atoms with E-state index in [4.69, 9.17) is 23.2 Å². The molecule has 98 valence electrons. The quantitative estimate of drug-likeness (QED) is 0.927. The zero-order chi connectivity index (χ0) is 13.7. The summed E-state index contributed by atoms with van der Waals surface area (Å²) in [5.41, 5.74) is 1.63. The molecule has 1 N–H and O–H groups in total. The Kier molecular flexibility index (Phi) is 4.77. The number of aryl methyl sites for hydroxylation is 1. The van der Waals surface area contributed by atoms with Gasteiger partial charge >= 0.3 is 0 Å². The SMILES string of the molecule is O=C(CCc1cccnc1)Nc1cc(Cl)cc(Cl)c1. The first-order valence-electron chi connectivity index (χ1n) is 5.78. The highest BCUT2D eigenvalue weighted by atomic mass is 35.5. The van der Waals surface area contributed by atoms with Gasteiger partial charge in [-0.05, 0) is 36.2 Å². The van der Waals surface area contributed by atoms with Gasteiger partial charge in [0, 0.05) is 34.5 Å². The normalized spacial score (nSPS) is 10.2. The topological polar surface area (TPSA) is 42.0 Å². The smallest absolute Gasteiger partial charge is 0.224 e. The van der Waals surface area contributed by atoms with Crippen molar-refractivity contribution in [2.75, 3.05) is 5.32 Å². The standard InChI is InChI=1S/C14H12Cl2N2O/c15-11-6-12(16)8-13(7-11)18-14(19)4-3-10-2-1-5-17-9-10/h1-2,5-9H,3-4H2,(H,18,19). The number of benzene rings is 1. The maximum Gasteiger partial charge on any atom is 0.224 e. The Balaban J connectivity index is 1.91. The molecule has 1 amide bonds. The average molecular weight is 295 g/mol. The Morgan fingerprint density at radius 3 is 2.58 bits per heavy atom. The maximum absolute atomic E-state index is 11.8. The lowest BCUT2D eigenvalue weighted by Gasteiger charge is -2.06. The van der Waals surface area contributed by atoms with Crippen LogP contribution < -0.4 is 5.32 Å². The third-order valence-corrected chi connectivity index (χ3v) is 2.95. The predicted octanol–water partition coefficient (Wildman–Crippen LogP) is 3.96. The lowest BCUT2D eigenvalue weighted by molar-refractivity contribution is -0.116. The molecule has 5 heteroatoms. The minimum Gasteiger partial charge on any atom is -0.326 e. The molecule has 1 aromatic heterocycles. The van der Waals surface area contributed by atoms with Crippen molar-refractivity contribution in [3.05, 3.63) is 58.3 Å². The molecule has 0 aliphatic carbocycles.